The predicted octanol–water partition coefficient (Wildman–Crippen LogP) is 1.89. The van der Waals surface area contributed by atoms with E-state index in [-0.39, 0.29) is 11.6 Å². The molecule has 2 amide bonds. The summed E-state index contributed by atoms with van der Waals surface area (Å²) in [4.78, 5) is 11.5. The van der Waals surface area contributed by atoms with Crippen molar-refractivity contribution < 1.29 is 4.79 Å². The van der Waals surface area contributed by atoms with Crippen LogP contribution in [0.3, 0.4) is 0 Å². The van der Waals surface area contributed by atoms with E-state index >= 15 is 0 Å². The van der Waals surface area contributed by atoms with Crippen LogP contribution in [0.15, 0.2) is 0 Å². The number of hydrogen-bond acceptors (Lipinski definition) is 1. The minimum Gasteiger partial charge on any atom is -0.334 e. The first-order chi connectivity index (χ1) is 6.22. The molecular formula is C11H20N2O. The molecule has 0 radical (unpaired) electrons. The molecule has 0 aliphatic heterocycles. The average molecular weight is 196 g/mol. The molecule has 14 heavy (non-hydrogen) atoms. The lowest BCUT2D eigenvalue weighted by molar-refractivity contribution is 0.224. The van der Waals surface area contributed by atoms with Crippen LogP contribution in [0, 0.1) is 12.3 Å². The van der Waals surface area contributed by atoms with Gasteiger partial charge in [0.05, 0.1) is 5.54 Å². The Bertz CT molecular complexity index is 247. The minimum atomic E-state index is -0.560. The highest BCUT2D eigenvalue weighted by Crippen LogP contribution is 2.07. The number of nitrogens with one attached hydrogen (secondary N) is 2. The normalized spacial score (nSPS) is 15.1. The van der Waals surface area contributed by atoms with Gasteiger partial charge in [-0.2, -0.15) is 0 Å². The van der Waals surface area contributed by atoms with Crippen LogP contribution in [0.4, 0.5) is 4.79 Å². The highest BCUT2D eigenvalue weighted by atomic mass is 16.2. The maximum Gasteiger partial charge on any atom is 0.316 e. The molecule has 0 rings (SSSR count). The highest BCUT2D eigenvalue weighted by molar-refractivity contribution is 5.76. The van der Waals surface area contributed by atoms with Crippen LogP contribution in [0.25, 0.3) is 0 Å². The van der Waals surface area contributed by atoms with Crippen molar-refractivity contribution in [2.45, 2.75) is 52.1 Å². The lowest BCUT2D eigenvalue weighted by Gasteiger charge is -2.27. The summed E-state index contributed by atoms with van der Waals surface area (Å²) in [6, 6.07) is -0.222. The summed E-state index contributed by atoms with van der Waals surface area (Å²) >= 11 is 0. The van der Waals surface area contributed by atoms with Crippen LogP contribution < -0.4 is 10.6 Å². The molecule has 0 aromatic heterocycles. The molecule has 0 aromatic rings. The van der Waals surface area contributed by atoms with Crippen molar-refractivity contribution in [2.75, 3.05) is 0 Å². The second-order valence-electron chi connectivity index (χ2n) is 4.66. The fraction of sp³-hybridized carbons (Fsp3) is 0.727. The number of terminal acetylenes is 1. The van der Waals surface area contributed by atoms with E-state index in [0.717, 1.165) is 0 Å². The number of rotatable bonds is 2. The molecule has 0 saturated carbocycles. The molecule has 0 aromatic carbocycles. The Morgan fingerprint density at radius 3 is 2.07 bits per heavy atom. The van der Waals surface area contributed by atoms with Crippen LogP contribution in [0.5, 0.6) is 0 Å². The van der Waals surface area contributed by atoms with Gasteiger partial charge in [0.1, 0.15) is 0 Å². The highest BCUT2D eigenvalue weighted by Gasteiger charge is 2.23. The van der Waals surface area contributed by atoms with E-state index in [4.69, 9.17) is 6.42 Å². The van der Waals surface area contributed by atoms with E-state index in [1.54, 1.807) is 0 Å². The van der Waals surface area contributed by atoms with Crippen LogP contribution in [0.2, 0.25) is 0 Å². The summed E-state index contributed by atoms with van der Waals surface area (Å²) in [5, 5.41) is 5.56. The lowest BCUT2D eigenvalue weighted by atomic mass is 10.0. The number of urea groups is 1. The van der Waals surface area contributed by atoms with E-state index in [1.165, 1.54) is 0 Å². The standard InChI is InChI=1S/C11H20N2O/c1-7-11(6,8-2)13-9(14)12-10(3,4)5/h1H,8H2,2-6H3,(H2,12,13,14). The summed E-state index contributed by atoms with van der Waals surface area (Å²) < 4.78 is 0. The third-order valence-electron chi connectivity index (χ3n) is 1.90. The molecule has 0 aliphatic carbocycles. The third-order valence-corrected chi connectivity index (χ3v) is 1.90. The Kier molecular flexibility index (Phi) is 4.00. The first kappa shape index (κ1) is 12.8. The number of carbonyl (C=O) groups excluding carboxylic acids is 1. The molecule has 0 spiro atoms. The Morgan fingerprint density at radius 1 is 1.29 bits per heavy atom. The van der Waals surface area contributed by atoms with E-state index in [2.05, 4.69) is 16.6 Å². The molecule has 2 N–H and O–H groups in total. The van der Waals surface area contributed by atoms with Gasteiger partial charge in [-0.05, 0) is 34.1 Å². The number of hydrogen-bond donors (Lipinski definition) is 2. The van der Waals surface area contributed by atoms with Crippen molar-refractivity contribution in [2.24, 2.45) is 0 Å². The van der Waals surface area contributed by atoms with Gasteiger partial charge in [0.25, 0.3) is 0 Å². The fourth-order valence-electron chi connectivity index (χ4n) is 0.849. The summed E-state index contributed by atoms with van der Waals surface area (Å²) in [5.41, 5.74) is -0.803. The molecule has 0 fully saturated rings. The maximum atomic E-state index is 11.5. The second-order valence-corrected chi connectivity index (χ2v) is 4.66. The Morgan fingerprint density at radius 2 is 1.79 bits per heavy atom. The van der Waals surface area contributed by atoms with E-state index in [1.807, 2.05) is 34.6 Å². The van der Waals surface area contributed by atoms with Crippen LogP contribution in [0.1, 0.15) is 41.0 Å². The average Bonchev–Trinajstić information content (AvgIpc) is 2.00. The van der Waals surface area contributed by atoms with Gasteiger partial charge in [-0.15, -0.1) is 6.42 Å². The quantitative estimate of drug-likeness (QED) is 0.651. The van der Waals surface area contributed by atoms with Gasteiger partial charge in [-0.25, -0.2) is 4.79 Å². The van der Waals surface area contributed by atoms with Gasteiger partial charge in [0.2, 0.25) is 0 Å². The van der Waals surface area contributed by atoms with Gasteiger partial charge in [-0.1, -0.05) is 12.8 Å². The van der Waals surface area contributed by atoms with Crippen molar-refractivity contribution in [1.29, 1.82) is 0 Å². The molecule has 0 saturated heterocycles. The third kappa shape index (κ3) is 4.76. The molecule has 0 bridgehead atoms. The Hall–Kier alpha value is -1.17. The topological polar surface area (TPSA) is 41.1 Å². The molecule has 0 aliphatic rings. The SMILES string of the molecule is C#CC(C)(CC)NC(=O)NC(C)(C)C. The molecule has 1 atom stereocenters. The monoisotopic (exact) mass is 196 g/mol. The fourth-order valence-corrected chi connectivity index (χ4v) is 0.849. The Labute approximate surface area is 86.6 Å². The van der Waals surface area contributed by atoms with E-state index < -0.39 is 5.54 Å². The van der Waals surface area contributed by atoms with Crippen molar-refractivity contribution in [3.63, 3.8) is 0 Å². The number of amides is 2. The van der Waals surface area contributed by atoms with Crippen LogP contribution in [-0.2, 0) is 0 Å². The smallest absolute Gasteiger partial charge is 0.316 e. The second kappa shape index (κ2) is 4.36. The summed E-state index contributed by atoms with van der Waals surface area (Å²) in [7, 11) is 0. The predicted molar refractivity (Wildman–Crippen MR) is 58.9 cm³/mol. The zero-order valence-electron chi connectivity index (χ0n) is 9.69. The maximum absolute atomic E-state index is 11.5. The molecule has 80 valence electrons. The summed E-state index contributed by atoms with van der Waals surface area (Å²) in [5.74, 6) is 2.57. The first-order valence-corrected chi connectivity index (χ1v) is 4.80. The van der Waals surface area contributed by atoms with Crippen molar-refractivity contribution in [3.8, 4) is 12.3 Å². The first-order valence-electron chi connectivity index (χ1n) is 4.80. The van der Waals surface area contributed by atoms with Crippen LogP contribution >= 0.6 is 0 Å². The van der Waals surface area contributed by atoms with E-state index in [9.17, 15) is 4.79 Å². The van der Waals surface area contributed by atoms with Gasteiger partial charge in [-0.3, -0.25) is 0 Å². The summed E-state index contributed by atoms with van der Waals surface area (Å²) in [6.45, 7) is 9.54. The molecule has 1 unspecified atom stereocenters. The minimum absolute atomic E-state index is 0.222. The lowest BCUT2D eigenvalue weighted by Crippen LogP contribution is -2.53. The van der Waals surface area contributed by atoms with Gasteiger partial charge in [0.15, 0.2) is 0 Å². The van der Waals surface area contributed by atoms with Crippen LogP contribution in [-0.4, -0.2) is 17.1 Å². The molecule has 3 nitrogen and oxygen atoms in total. The van der Waals surface area contributed by atoms with Crippen molar-refractivity contribution in [3.05, 3.63) is 0 Å². The largest absolute Gasteiger partial charge is 0.334 e. The van der Waals surface area contributed by atoms with Gasteiger partial charge >= 0.3 is 6.03 Å². The molecular weight excluding hydrogens is 176 g/mol. The Balaban J connectivity index is 4.27. The van der Waals surface area contributed by atoms with Crippen molar-refractivity contribution >= 4 is 6.03 Å². The molecule has 3 heteroatoms. The zero-order valence-corrected chi connectivity index (χ0v) is 9.69. The van der Waals surface area contributed by atoms with Crippen molar-refractivity contribution in [1.82, 2.24) is 10.6 Å². The zero-order chi connectivity index (χ0) is 11.4. The molecule has 0 heterocycles. The van der Waals surface area contributed by atoms with Gasteiger partial charge in [0, 0.05) is 5.54 Å². The van der Waals surface area contributed by atoms with Gasteiger partial charge < -0.3 is 10.6 Å². The number of carbonyl (C=O) groups is 1. The summed E-state index contributed by atoms with van der Waals surface area (Å²) in [6.07, 6.45) is 6.05. The van der Waals surface area contributed by atoms with E-state index in [0.29, 0.717) is 6.42 Å².